The zero-order valence-electron chi connectivity index (χ0n) is 24.8. The number of carboxylic acids is 2. The van der Waals surface area contributed by atoms with Gasteiger partial charge in [-0.2, -0.15) is 0 Å². The number of hydrogen-bond acceptors (Lipinski definition) is 6. The van der Waals surface area contributed by atoms with E-state index in [0.717, 1.165) is 32.1 Å². The van der Waals surface area contributed by atoms with Crippen LogP contribution in [0.2, 0.25) is 0 Å². The fourth-order valence-electron chi connectivity index (χ4n) is 5.24. The van der Waals surface area contributed by atoms with E-state index in [1.165, 1.54) is 0 Å². The van der Waals surface area contributed by atoms with E-state index in [4.69, 9.17) is 5.11 Å². The van der Waals surface area contributed by atoms with Gasteiger partial charge in [0.15, 0.2) is 0 Å². The third kappa shape index (κ3) is 11.0. The Labute approximate surface area is 242 Å². The Morgan fingerprint density at radius 1 is 0.805 bits per heavy atom. The van der Waals surface area contributed by atoms with E-state index in [2.05, 4.69) is 21.3 Å². The molecule has 0 heterocycles. The molecular formula is C29H48N4O8. The third-order valence-corrected chi connectivity index (χ3v) is 8.17. The van der Waals surface area contributed by atoms with Crippen molar-refractivity contribution in [3.05, 3.63) is 0 Å². The summed E-state index contributed by atoms with van der Waals surface area (Å²) >= 11 is 0. The highest BCUT2D eigenvalue weighted by molar-refractivity contribution is 5.96. The molecule has 232 valence electrons. The molecule has 0 bridgehead atoms. The minimum Gasteiger partial charge on any atom is -0.481 e. The first-order valence-corrected chi connectivity index (χ1v) is 14.9. The molecule has 0 aliphatic heterocycles. The molecule has 2 aliphatic rings. The van der Waals surface area contributed by atoms with Crippen LogP contribution < -0.4 is 21.3 Å². The quantitative estimate of drug-likeness (QED) is 0.151. The van der Waals surface area contributed by atoms with E-state index in [9.17, 15) is 33.9 Å². The minimum absolute atomic E-state index is 0.0222. The van der Waals surface area contributed by atoms with E-state index in [0.29, 0.717) is 25.7 Å². The first-order chi connectivity index (χ1) is 19.3. The second kappa shape index (κ2) is 15.7. The van der Waals surface area contributed by atoms with E-state index >= 15 is 0 Å². The van der Waals surface area contributed by atoms with Gasteiger partial charge in [-0.1, -0.05) is 66.2 Å². The standard InChI is InChI=1S/C29H48N4O8/c1-5-18(4)24(32-25(37)20(15-17(2)3)30-22(34)11-12-23(35)36)27(39)31-21(16-19-9-7-6-8-10-19)26(38)33-29(13-14-29)28(40)41/h17-21,24H,5-16H2,1-4H3,(H,30,34)(H,31,39)(H,32,37)(H,33,38)(H,35,36)(H,40,41)/t18?,20-,21-,24-/m0/s1. The monoisotopic (exact) mass is 580 g/mol. The number of hydrogen-bond donors (Lipinski definition) is 6. The van der Waals surface area contributed by atoms with Gasteiger partial charge in [-0.05, 0) is 43.4 Å². The van der Waals surface area contributed by atoms with Gasteiger partial charge in [0, 0.05) is 6.42 Å². The summed E-state index contributed by atoms with van der Waals surface area (Å²) in [6, 6.07) is -2.93. The van der Waals surface area contributed by atoms with Gasteiger partial charge < -0.3 is 31.5 Å². The van der Waals surface area contributed by atoms with Gasteiger partial charge in [-0.25, -0.2) is 4.79 Å². The lowest BCUT2D eigenvalue weighted by molar-refractivity contribution is -0.144. The van der Waals surface area contributed by atoms with Crippen LogP contribution >= 0.6 is 0 Å². The SMILES string of the molecule is CCC(C)[C@H](NC(=O)[C@H](CC(C)C)NC(=O)CCC(=O)O)C(=O)N[C@@H](CC1CCCCC1)C(=O)NC1(C(=O)O)CC1. The molecule has 2 fully saturated rings. The molecule has 4 atom stereocenters. The lowest BCUT2D eigenvalue weighted by atomic mass is 9.84. The molecule has 12 heteroatoms. The van der Waals surface area contributed by atoms with Crippen LogP contribution in [0.25, 0.3) is 0 Å². The summed E-state index contributed by atoms with van der Waals surface area (Å²) in [4.78, 5) is 75.1. The van der Waals surface area contributed by atoms with Crippen LogP contribution in [0.4, 0.5) is 0 Å². The zero-order chi connectivity index (χ0) is 30.7. The van der Waals surface area contributed by atoms with Crippen LogP contribution in [-0.4, -0.2) is 69.4 Å². The molecule has 0 saturated heterocycles. The van der Waals surface area contributed by atoms with Crippen molar-refractivity contribution in [2.45, 2.75) is 128 Å². The van der Waals surface area contributed by atoms with Crippen molar-refractivity contribution in [3.63, 3.8) is 0 Å². The summed E-state index contributed by atoms with van der Waals surface area (Å²) in [5, 5.41) is 29.2. The Balaban J connectivity index is 2.19. The van der Waals surface area contributed by atoms with Crippen molar-refractivity contribution in [3.8, 4) is 0 Å². The van der Waals surface area contributed by atoms with Gasteiger partial charge in [-0.3, -0.25) is 24.0 Å². The number of aliphatic carboxylic acids is 2. The molecule has 12 nitrogen and oxygen atoms in total. The molecule has 2 saturated carbocycles. The maximum atomic E-state index is 13.6. The predicted molar refractivity (Wildman–Crippen MR) is 151 cm³/mol. The molecule has 0 spiro atoms. The smallest absolute Gasteiger partial charge is 0.329 e. The summed E-state index contributed by atoms with van der Waals surface area (Å²) < 4.78 is 0. The van der Waals surface area contributed by atoms with Crippen LogP contribution in [-0.2, 0) is 28.8 Å². The Morgan fingerprint density at radius 3 is 1.95 bits per heavy atom. The Morgan fingerprint density at radius 2 is 1.44 bits per heavy atom. The van der Waals surface area contributed by atoms with E-state index < -0.39 is 59.2 Å². The van der Waals surface area contributed by atoms with Gasteiger partial charge >= 0.3 is 11.9 Å². The molecule has 1 unspecified atom stereocenters. The van der Waals surface area contributed by atoms with Crippen molar-refractivity contribution in [1.29, 1.82) is 0 Å². The number of amides is 4. The van der Waals surface area contributed by atoms with Crippen molar-refractivity contribution >= 4 is 35.6 Å². The predicted octanol–water partition coefficient (Wildman–Crippen LogP) is 2.10. The van der Waals surface area contributed by atoms with E-state index in [1.54, 1.807) is 6.92 Å². The molecule has 6 N–H and O–H groups in total. The highest BCUT2D eigenvalue weighted by atomic mass is 16.4. The normalized spacial score (nSPS) is 19.2. The topological polar surface area (TPSA) is 191 Å². The number of nitrogens with one attached hydrogen (secondary N) is 4. The van der Waals surface area contributed by atoms with Gasteiger partial charge in [0.05, 0.1) is 6.42 Å². The minimum atomic E-state index is -1.29. The van der Waals surface area contributed by atoms with Crippen molar-refractivity contribution in [2.24, 2.45) is 17.8 Å². The van der Waals surface area contributed by atoms with Gasteiger partial charge in [0.25, 0.3) is 0 Å². The van der Waals surface area contributed by atoms with Crippen molar-refractivity contribution < 1.29 is 39.0 Å². The van der Waals surface area contributed by atoms with Gasteiger partial charge in [0.2, 0.25) is 23.6 Å². The Bertz CT molecular complexity index is 958. The molecule has 4 amide bonds. The van der Waals surface area contributed by atoms with Crippen LogP contribution in [0.1, 0.15) is 105 Å². The largest absolute Gasteiger partial charge is 0.481 e. The van der Waals surface area contributed by atoms with Crippen LogP contribution in [0.15, 0.2) is 0 Å². The third-order valence-electron chi connectivity index (χ3n) is 8.17. The molecule has 0 aromatic rings. The molecule has 0 aromatic carbocycles. The fourth-order valence-corrected chi connectivity index (χ4v) is 5.24. The average Bonchev–Trinajstić information content (AvgIpc) is 3.70. The number of carbonyl (C=O) groups is 6. The molecule has 2 rings (SSSR count). The van der Waals surface area contributed by atoms with Crippen molar-refractivity contribution in [1.82, 2.24) is 21.3 Å². The van der Waals surface area contributed by atoms with Crippen LogP contribution in [0.5, 0.6) is 0 Å². The van der Waals surface area contributed by atoms with Gasteiger partial charge in [0.1, 0.15) is 23.7 Å². The highest BCUT2D eigenvalue weighted by Crippen LogP contribution is 2.36. The van der Waals surface area contributed by atoms with Crippen LogP contribution in [0.3, 0.4) is 0 Å². The molecular weight excluding hydrogens is 532 g/mol. The number of carboxylic acid groups (broad SMARTS) is 2. The maximum absolute atomic E-state index is 13.6. The summed E-state index contributed by atoms with van der Waals surface area (Å²) in [5.74, 6) is -4.53. The van der Waals surface area contributed by atoms with E-state index in [-0.39, 0.29) is 37.0 Å². The Kier molecular flexibility index (Phi) is 13.0. The second-order valence-corrected chi connectivity index (χ2v) is 12.2. The summed E-state index contributed by atoms with van der Waals surface area (Å²) in [5.41, 5.74) is -1.29. The Hall–Kier alpha value is -3.18. The maximum Gasteiger partial charge on any atom is 0.329 e. The summed E-state index contributed by atoms with van der Waals surface area (Å²) in [7, 11) is 0. The lowest BCUT2D eigenvalue weighted by Gasteiger charge is -2.31. The second-order valence-electron chi connectivity index (χ2n) is 12.2. The average molecular weight is 581 g/mol. The molecule has 0 aromatic heterocycles. The molecule has 41 heavy (non-hydrogen) atoms. The van der Waals surface area contributed by atoms with Crippen molar-refractivity contribution in [2.75, 3.05) is 0 Å². The number of carbonyl (C=O) groups excluding carboxylic acids is 4. The lowest BCUT2D eigenvalue weighted by Crippen LogP contribution is -2.60. The van der Waals surface area contributed by atoms with E-state index in [1.807, 2.05) is 20.8 Å². The van der Waals surface area contributed by atoms with Crippen LogP contribution in [0, 0.1) is 17.8 Å². The highest BCUT2D eigenvalue weighted by Gasteiger charge is 2.52. The van der Waals surface area contributed by atoms with Gasteiger partial charge in [-0.15, -0.1) is 0 Å². The summed E-state index contributed by atoms with van der Waals surface area (Å²) in [6.45, 7) is 7.42. The molecule has 2 aliphatic carbocycles. The first kappa shape index (κ1) is 34.0. The zero-order valence-corrected chi connectivity index (χ0v) is 24.8. The first-order valence-electron chi connectivity index (χ1n) is 14.9. The summed E-state index contributed by atoms with van der Waals surface area (Å²) in [6.07, 6.45) is 6.26. The molecule has 0 radical (unpaired) electrons. The fraction of sp³-hybridized carbons (Fsp3) is 0.793. The number of rotatable bonds is 17.